The van der Waals surface area contributed by atoms with E-state index in [1.807, 2.05) is 0 Å². The molecule has 1 saturated carbocycles. The van der Waals surface area contributed by atoms with Gasteiger partial charge in [-0.3, -0.25) is 28.9 Å². The third kappa shape index (κ3) is 4.16. The van der Waals surface area contributed by atoms with Crippen LogP contribution < -0.4 is 9.64 Å². The van der Waals surface area contributed by atoms with Crippen LogP contribution in [0.1, 0.15) is 37.2 Å². The number of hydrogen-bond acceptors (Lipinski definition) is 7. The predicted octanol–water partition coefficient (Wildman–Crippen LogP) is 3.97. The summed E-state index contributed by atoms with van der Waals surface area (Å²) in [5.74, 6) is -7.91. The molecule has 2 aromatic rings. The standard InChI is InChI=1S/C31H27Cl2FN2O8/c1-44-22-13-17(37)8-9-19(22)25-18-10-11-20-24(27(41)35(26(20)40)12-2-3-23(38)39)21(18)14-30(32)28(42)36(29(43)31(25,30)33)16-6-4-15(34)5-7-16/h4-10,13,20-21,24-25,37H,2-3,11-12,14H2,1H3,(H,38,39). The van der Waals surface area contributed by atoms with Crippen LogP contribution in [0.2, 0.25) is 0 Å². The Morgan fingerprint density at radius 3 is 2.41 bits per heavy atom. The molecule has 0 aromatic heterocycles. The van der Waals surface area contributed by atoms with E-state index in [0.717, 1.165) is 21.9 Å². The average Bonchev–Trinajstić information content (AvgIpc) is 3.31. The van der Waals surface area contributed by atoms with E-state index in [2.05, 4.69) is 0 Å². The lowest BCUT2D eigenvalue weighted by molar-refractivity contribution is -0.142. The van der Waals surface area contributed by atoms with Gasteiger partial charge in [-0.2, -0.15) is 0 Å². The molecule has 4 amide bonds. The first kappa shape index (κ1) is 30.1. The van der Waals surface area contributed by atoms with E-state index in [1.165, 1.54) is 37.4 Å². The van der Waals surface area contributed by atoms with Crippen molar-refractivity contribution in [3.8, 4) is 11.5 Å². The molecule has 230 valence electrons. The van der Waals surface area contributed by atoms with Gasteiger partial charge in [-0.25, -0.2) is 9.29 Å². The van der Waals surface area contributed by atoms with Crippen LogP contribution in [0.4, 0.5) is 10.1 Å². The number of anilines is 1. The third-order valence-corrected chi connectivity index (χ3v) is 10.7. The molecule has 10 nitrogen and oxygen atoms in total. The first-order valence-corrected chi connectivity index (χ1v) is 14.8. The second-order valence-electron chi connectivity index (χ2n) is 11.5. The highest BCUT2D eigenvalue weighted by molar-refractivity contribution is 6.58. The maximum absolute atomic E-state index is 14.4. The molecular weight excluding hydrogens is 618 g/mol. The summed E-state index contributed by atoms with van der Waals surface area (Å²) in [6.45, 7) is -0.0740. The Hall–Kier alpha value is -3.96. The summed E-state index contributed by atoms with van der Waals surface area (Å²) in [7, 11) is 1.36. The van der Waals surface area contributed by atoms with Gasteiger partial charge < -0.3 is 14.9 Å². The summed E-state index contributed by atoms with van der Waals surface area (Å²) in [5.41, 5.74) is 0.910. The molecule has 13 heteroatoms. The van der Waals surface area contributed by atoms with Crippen LogP contribution in [-0.2, 0) is 24.0 Å². The largest absolute Gasteiger partial charge is 0.508 e. The number of carbonyl (C=O) groups excluding carboxylic acids is 4. The van der Waals surface area contributed by atoms with E-state index >= 15 is 0 Å². The number of benzene rings is 2. The molecule has 0 radical (unpaired) electrons. The Balaban J connectivity index is 1.51. The quantitative estimate of drug-likeness (QED) is 0.262. The van der Waals surface area contributed by atoms with Crippen LogP contribution in [-0.4, -0.2) is 68.1 Å². The molecule has 2 saturated heterocycles. The van der Waals surface area contributed by atoms with Crippen molar-refractivity contribution in [3.05, 3.63) is 65.5 Å². The number of aromatic hydroxyl groups is 1. The summed E-state index contributed by atoms with van der Waals surface area (Å²) in [5, 5.41) is 19.2. The number of carbonyl (C=O) groups is 5. The molecule has 2 heterocycles. The highest BCUT2D eigenvalue weighted by Gasteiger charge is 2.76. The number of aliphatic carboxylic acids is 1. The van der Waals surface area contributed by atoms with Gasteiger partial charge in [0, 0.05) is 30.5 Å². The maximum Gasteiger partial charge on any atom is 0.303 e. The van der Waals surface area contributed by atoms with Crippen LogP contribution in [0.3, 0.4) is 0 Å². The van der Waals surface area contributed by atoms with Gasteiger partial charge in [0.1, 0.15) is 17.3 Å². The summed E-state index contributed by atoms with van der Waals surface area (Å²) in [4.78, 5) is 64.5. The molecular formula is C31H27Cl2FN2O8. The number of hydrogen-bond donors (Lipinski definition) is 2. The third-order valence-electron chi connectivity index (χ3n) is 9.29. The number of imide groups is 2. The van der Waals surface area contributed by atoms with Crippen molar-refractivity contribution >= 4 is 58.5 Å². The summed E-state index contributed by atoms with van der Waals surface area (Å²) in [6.07, 6.45) is 1.49. The smallest absolute Gasteiger partial charge is 0.303 e. The molecule has 0 spiro atoms. The van der Waals surface area contributed by atoms with Gasteiger partial charge in [0.05, 0.1) is 24.6 Å². The Bertz CT molecular complexity index is 1650. The number of alkyl halides is 2. The average molecular weight is 645 g/mol. The minimum absolute atomic E-state index is 0.0545. The lowest BCUT2D eigenvalue weighted by Gasteiger charge is -2.50. The highest BCUT2D eigenvalue weighted by atomic mass is 35.5. The lowest BCUT2D eigenvalue weighted by atomic mass is 9.56. The molecule has 3 fully saturated rings. The zero-order valence-corrected chi connectivity index (χ0v) is 24.8. The normalized spacial score (nSPS) is 31.0. The number of phenolic OH excluding ortho intramolecular Hbond substituents is 1. The second kappa shape index (κ2) is 10.6. The Kier molecular flexibility index (Phi) is 7.24. The Labute approximate surface area is 261 Å². The van der Waals surface area contributed by atoms with Crippen LogP contribution >= 0.6 is 23.2 Å². The van der Waals surface area contributed by atoms with E-state index in [4.69, 9.17) is 33.0 Å². The zero-order valence-electron chi connectivity index (χ0n) is 23.3. The maximum atomic E-state index is 14.4. The highest BCUT2D eigenvalue weighted by Crippen LogP contribution is 2.66. The molecule has 2 aromatic carbocycles. The topological polar surface area (TPSA) is 142 Å². The Morgan fingerprint density at radius 2 is 1.75 bits per heavy atom. The number of likely N-dealkylation sites (tertiary alicyclic amines) is 1. The lowest BCUT2D eigenvalue weighted by Crippen LogP contribution is -2.60. The number of carboxylic acid groups (broad SMARTS) is 1. The van der Waals surface area contributed by atoms with Crippen molar-refractivity contribution in [1.82, 2.24) is 4.90 Å². The number of allylic oxidation sites excluding steroid dienone is 2. The van der Waals surface area contributed by atoms with Crippen molar-refractivity contribution in [1.29, 1.82) is 0 Å². The van der Waals surface area contributed by atoms with Crippen molar-refractivity contribution in [2.45, 2.75) is 41.3 Å². The van der Waals surface area contributed by atoms with Gasteiger partial charge >= 0.3 is 5.97 Å². The molecule has 2 aliphatic heterocycles. The summed E-state index contributed by atoms with van der Waals surface area (Å²) in [6, 6.07) is 8.91. The number of fused-ring (bicyclic) bond motifs is 4. The monoisotopic (exact) mass is 644 g/mol. The van der Waals surface area contributed by atoms with E-state index < -0.39 is 68.8 Å². The van der Waals surface area contributed by atoms with E-state index in [-0.39, 0.29) is 49.4 Å². The van der Waals surface area contributed by atoms with Gasteiger partial charge in [-0.1, -0.05) is 17.7 Å². The number of carboxylic acids is 1. The molecule has 0 bridgehead atoms. The molecule has 6 unspecified atom stereocenters. The van der Waals surface area contributed by atoms with Crippen LogP contribution in [0, 0.1) is 23.6 Å². The van der Waals surface area contributed by atoms with Crippen molar-refractivity contribution < 1.29 is 43.3 Å². The predicted molar refractivity (Wildman–Crippen MR) is 155 cm³/mol. The van der Waals surface area contributed by atoms with Crippen LogP contribution in [0.25, 0.3) is 0 Å². The molecule has 4 aliphatic rings. The first-order valence-electron chi connectivity index (χ1n) is 14.0. The number of nitrogens with zero attached hydrogens (tertiary/aromatic N) is 2. The fraction of sp³-hybridized carbons (Fsp3) is 0.387. The zero-order chi connectivity index (χ0) is 31.7. The number of rotatable bonds is 7. The summed E-state index contributed by atoms with van der Waals surface area (Å²) >= 11 is 14.6. The van der Waals surface area contributed by atoms with Crippen molar-refractivity contribution in [3.63, 3.8) is 0 Å². The van der Waals surface area contributed by atoms with Crippen molar-refractivity contribution in [2.75, 3.05) is 18.6 Å². The molecule has 6 atom stereocenters. The van der Waals surface area contributed by atoms with E-state index in [9.17, 15) is 33.5 Å². The van der Waals surface area contributed by atoms with Crippen LogP contribution in [0.15, 0.2) is 54.1 Å². The number of halogens is 3. The molecule has 2 N–H and O–H groups in total. The van der Waals surface area contributed by atoms with E-state index in [1.54, 1.807) is 6.08 Å². The van der Waals surface area contributed by atoms with Crippen LogP contribution in [0.5, 0.6) is 11.5 Å². The van der Waals surface area contributed by atoms with Gasteiger partial charge in [0.2, 0.25) is 11.8 Å². The number of phenols is 1. The van der Waals surface area contributed by atoms with E-state index in [0.29, 0.717) is 11.1 Å². The molecule has 6 rings (SSSR count). The number of amides is 4. The molecule has 2 aliphatic carbocycles. The summed E-state index contributed by atoms with van der Waals surface area (Å²) < 4.78 is 19.3. The minimum Gasteiger partial charge on any atom is -0.508 e. The Morgan fingerprint density at radius 1 is 1.05 bits per heavy atom. The number of methoxy groups -OCH3 is 1. The fourth-order valence-electron chi connectivity index (χ4n) is 7.36. The fourth-order valence-corrected chi connectivity index (χ4v) is 8.28. The van der Waals surface area contributed by atoms with Gasteiger partial charge in [-0.15, -0.1) is 23.2 Å². The SMILES string of the molecule is COc1cc(O)ccc1C1C2=CCC3C(=O)N(CCCC(=O)O)C(=O)C3C2CC2(Cl)C(=O)N(c3ccc(F)cc3)C(=O)C12Cl. The van der Waals surface area contributed by atoms with Gasteiger partial charge in [-0.05, 0) is 55.5 Å². The van der Waals surface area contributed by atoms with Gasteiger partial charge in [0.15, 0.2) is 9.75 Å². The van der Waals surface area contributed by atoms with Crippen molar-refractivity contribution in [2.24, 2.45) is 17.8 Å². The minimum atomic E-state index is -2.15. The van der Waals surface area contributed by atoms with Gasteiger partial charge in [0.25, 0.3) is 11.8 Å². The number of ether oxygens (including phenoxy) is 1. The first-order chi connectivity index (χ1) is 20.8. The second-order valence-corrected chi connectivity index (χ2v) is 12.7. The molecule has 44 heavy (non-hydrogen) atoms.